The van der Waals surface area contributed by atoms with Crippen LogP contribution < -0.4 is 10.1 Å². The van der Waals surface area contributed by atoms with Gasteiger partial charge >= 0.3 is 0 Å². The van der Waals surface area contributed by atoms with Crippen LogP contribution in [0.15, 0.2) is 30.5 Å². The molecule has 0 bridgehead atoms. The lowest BCUT2D eigenvalue weighted by Gasteiger charge is -2.06. The van der Waals surface area contributed by atoms with Crippen molar-refractivity contribution >= 4 is 16.8 Å². The molecule has 1 amide bonds. The second-order valence-electron chi connectivity index (χ2n) is 3.94. The van der Waals surface area contributed by atoms with Gasteiger partial charge in [0.05, 0.1) is 13.7 Å². The van der Waals surface area contributed by atoms with E-state index in [2.05, 4.69) is 5.32 Å². The maximum atomic E-state index is 11.6. The highest BCUT2D eigenvalue weighted by atomic mass is 16.5. The topological polar surface area (TPSA) is 63.5 Å². The van der Waals surface area contributed by atoms with E-state index < -0.39 is 0 Å². The van der Waals surface area contributed by atoms with Crippen LogP contribution in [-0.4, -0.2) is 35.8 Å². The molecule has 0 aliphatic heterocycles. The summed E-state index contributed by atoms with van der Waals surface area (Å²) in [6.07, 6.45) is 1.86. The van der Waals surface area contributed by atoms with E-state index in [1.807, 2.05) is 35.0 Å². The quantitative estimate of drug-likeness (QED) is 0.821. The minimum atomic E-state index is -0.114. The van der Waals surface area contributed by atoms with Gasteiger partial charge in [-0.15, -0.1) is 0 Å². The van der Waals surface area contributed by atoms with Crippen molar-refractivity contribution in [2.75, 3.05) is 20.3 Å². The molecule has 0 radical (unpaired) electrons. The lowest BCUT2D eigenvalue weighted by molar-refractivity contribution is -0.121. The molecule has 0 unspecified atom stereocenters. The van der Waals surface area contributed by atoms with Crippen molar-refractivity contribution in [3.05, 3.63) is 30.5 Å². The van der Waals surface area contributed by atoms with Gasteiger partial charge in [-0.1, -0.05) is 0 Å². The predicted octanol–water partition coefficient (Wildman–Crippen LogP) is 0.758. The number of carbonyl (C=O) groups excluding carboxylic acids is 1. The molecule has 96 valence electrons. The fourth-order valence-corrected chi connectivity index (χ4v) is 1.85. The van der Waals surface area contributed by atoms with Crippen molar-refractivity contribution in [3.8, 4) is 5.75 Å². The van der Waals surface area contributed by atoms with Crippen LogP contribution in [0.1, 0.15) is 0 Å². The maximum absolute atomic E-state index is 11.6. The second kappa shape index (κ2) is 5.55. The number of fused-ring (bicyclic) bond motifs is 1. The molecule has 2 rings (SSSR count). The highest BCUT2D eigenvalue weighted by molar-refractivity contribution is 5.84. The molecule has 0 aliphatic carbocycles. The molecule has 1 heterocycles. The Balaban J connectivity index is 2.16. The monoisotopic (exact) mass is 248 g/mol. The van der Waals surface area contributed by atoms with Gasteiger partial charge in [0.25, 0.3) is 0 Å². The van der Waals surface area contributed by atoms with E-state index in [1.54, 1.807) is 7.11 Å². The number of aromatic nitrogens is 1. The first-order valence-electron chi connectivity index (χ1n) is 5.75. The Morgan fingerprint density at radius 2 is 2.28 bits per heavy atom. The number of hydrogen-bond acceptors (Lipinski definition) is 3. The number of aliphatic hydroxyl groups is 1. The molecule has 0 spiro atoms. The summed E-state index contributed by atoms with van der Waals surface area (Å²) in [5, 5.41) is 12.3. The molecular weight excluding hydrogens is 232 g/mol. The zero-order valence-corrected chi connectivity index (χ0v) is 10.2. The average Bonchev–Trinajstić information content (AvgIpc) is 2.78. The van der Waals surface area contributed by atoms with Crippen molar-refractivity contribution in [3.63, 3.8) is 0 Å². The number of rotatable bonds is 5. The Morgan fingerprint density at radius 3 is 3.00 bits per heavy atom. The van der Waals surface area contributed by atoms with E-state index in [-0.39, 0.29) is 25.6 Å². The van der Waals surface area contributed by atoms with Gasteiger partial charge in [-0.25, -0.2) is 0 Å². The molecule has 0 fully saturated rings. The third-order valence-corrected chi connectivity index (χ3v) is 2.73. The lowest BCUT2D eigenvalue weighted by Crippen LogP contribution is -2.29. The van der Waals surface area contributed by atoms with Gasteiger partial charge in [0.2, 0.25) is 5.91 Å². The minimum absolute atomic E-state index is 0.0463. The molecule has 5 nitrogen and oxygen atoms in total. The SMILES string of the molecule is COc1ccc2c(ccn2CC(=O)NCCO)c1. The largest absolute Gasteiger partial charge is 0.497 e. The number of ether oxygens (including phenoxy) is 1. The summed E-state index contributed by atoms with van der Waals surface area (Å²) in [5.74, 6) is 0.683. The number of nitrogens with zero attached hydrogens (tertiary/aromatic N) is 1. The third kappa shape index (κ3) is 2.62. The molecule has 18 heavy (non-hydrogen) atoms. The molecule has 0 atom stereocenters. The van der Waals surface area contributed by atoms with Gasteiger partial charge in [0, 0.05) is 23.6 Å². The van der Waals surface area contributed by atoms with Crippen molar-refractivity contribution in [2.45, 2.75) is 6.54 Å². The summed E-state index contributed by atoms with van der Waals surface area (Å²) in [7, 11) is 1.63. The zero-order valence-electron chi connectivity index (χ0n) is 10.2. The first kappa shape index (κ1) is 12.4. The Hall–Kier alpha value is -2.01. The number of benzene rings is 1. The molecule has 1 aromatic heterocycles. The number of methoxy groups -OCH3 is 1. The van der Waals surface area contributed by atoms with Crippen molar-refractivity contribution in [1.29, 1.82) is 0 Å². The number of hydrogen-bond donors (Lipinski definition) is 2. The molecule has 1 aromatic carbocycles. The molecule has 0 saturated carbocycles. The molecule has 2 N–H and O–H groups in total. The minimum Gasteiger partial charge on any atom is -0.497 e. The van der Waals surface area contributed by atoms with Gasteiger partial charge in [-0.3, -0.25) is 4.79 Å². The highest BCUT2D eigenvalue weighted by Crippen LogP contribution is 2.21. The van der Waals surface area contributed by atoms with Gasteiger partial charge < -0.3 is 19.7 Å². The van der Waals surface area contributed by atoms with E-state index in [4.69, 9.17) is 9.84 Å². The standard InChI is InChI=1S/C13H16N2O3/c1-18-11-2-3-12-10(8-11)4-6-15(12)9-13(17)14-5-7-16/h2-4,6,8,16H,5,7,9H2,1H3,(H,14,17). The van der Waals surface area contributed by atoms with Crippen LogP contribution in [0.25, 0.3) is 10.9 Å². The summed E-state index contributed by atoms with van der Waals surface area (Å²) in [4.78, 5) is 11.6. The Morgan fingerprint density at radius 1 is 1.44 bits per heavy atom. The normalized spacial score (nSPS) is 10.6. The van der Waals surface area contributed by atoms with Crippen LogP contribution in [0.4, 0.5) is 0 Å². The molecule has 0 aliphatic rings. The summed E-state index contributed by atoms with van der Waals surface area (Å²) >= 11 is 0. The Labute approximate surface area is 105 Å². The van der Waals surface area contributed by atoms with Crippen molar-refractivity contribution in [1.82, 2.24) is 9.88 Å². The highest BCUT2D eigenvalue weighted by Gasteiger charge is 2.06. The lowest BCUT2D eigenvalue weighted by atomic mass is 10.2. The van der Waals surface area contributed by atoms with E-state index in [0.29, 0.717) is 0 Å². The number of carbonyl (C=O) groups is 1. The Kier molecular flexibility index (Phi) is 3.84. The first-order valence-corrected chi connectivity index (χ1v) is 5.75. The van der Waals surface area contributed by atoms with E-state index in [1.165, 1.54) is 0 Å². The fraction of sp³-hybridized carbons (Fsp3) is 0.308. The predicted molar refractivity (Wildman–Crippen MR) is 68.6 cm³/mol. The van der Waals surface area contributed by atoms with E-state index in [9.17, 15) is 4.79 Å². The Bertz CT molecular complexity index is 548. The number of amides is 1. The molecule has 2 aromatic rings. The molecular formula is C13H16N2O3. The fourth-order valence-electron chi connectivity index (χ4n) is 1.85. The average molecular weight is 248 g/mol. The summed E-state index contributed by atoms with van der Waals surface area (Å²) < 4.78 is 7.01. The van der Waals surface area contributed by atoms with Crippen LogP contribution in [0.3, 0.4) is 0 Å². The van der Waals surface area contributed by atoms with Crippen LogP contribution in [0, 0.1) is 0 Å². The van der Waals surface area contributed by atoms with Crippen molar-refractivity contribution < 1.29 is 14.6 Å². The van der Waals surface area contributed by atoms with Crippen LogP contribution >= 0.6 is 0 Å². The first-order chi connectivity index (χ1) is 8.74. The zero-order chi connectivity index (χ0) is 13.0. The maximum Gasteiger partial charge on any atom is 0.240 e. The summed E-state index contributed by atoms with van der Waals surface area (Å²) in [6.45, 7) is 0.483. The van der Waals surface area contributed by atoms with Gasteiger partial charge in [-0.2, -0.15) is 0 Å². The number of nitrogens with one attached hydrogen (secondary N) is 1. The smallest absolute Gasteiger partial charge is 0.240 e. The van der Waals surface area contributed by atoms with Gasteiger partial charge in [-0.05, 0) is 24.3 Å². The van der Waals surface area contributed by atoms with Crippen molar-refractivity contribution in [2.24, 2.45) is 0 Å². The molecule has 0 saturated heterocycles. The summed E-state index contributed by atoms with van der Waals surface area (Å²) in [6, 6.07) is 7.66. The second-order valence-corrected chi connectivity index (χ2v) is 3.94. The van der Waals surface area contributed by atoms with Crippen LogP contribution in [0.2, 0.25) is 0 Å². The van der Waals surface area contributed by atoms with Crippen LogP contribution in [0.5, 0.6) is 5.75 Å². The van der Waals surface area contributed by atoms with Crippen LogP contribution in [-0.2, 0) is 11.3 Å². The number of aliphatic hydroxyl groups excluding tert-OH is 1. The third-order valence-electron chi connectivity index (χ3n) is 2.73. The molecule has 5 heteroatoms. The van der Waals surface area contributed by atoms with E-state index >= 15 is 0 Å². The van der Waals surface area contributed by atoms with Gasteiger partial charge in [0.15, 0.2) is 0 Å². The summed E-state index contributed by atoms with van der Waals surface area (Å²) in [5.41, 5.74) is 0.981. The van der Waals surface area contributed by atoms with E-state index in [0.717, 1.165) is 16.7 Å². The van der Waals surface area contributed by atoms with Gasteiger partial charge in [0.1, 0.15) is 12.3 Å².